The van der Waals surface area contributed by atoms with Gasteiger partial charge in [0.1, 0.15) is 12.2 Å². The highest BCUT2D eigenvalue weighted by Crippen LogP contribution is 2.48. The number of carbonyl (C=O) groups is 2. The normalized spacial score (nSPS) is 24.7. The van der Waals surface area contributed by atoms with Crippen molar-refractivity contribution < 1.29 is 19.1 Å². The summed E-state index contributed by atoms with van der Waals surface area (Å²) in [6, 6.07) is 5.69. The van der Waals surface area contributed by atoms with Gasteiger partial charge in [-0.25, -0.2) is 0 Å². The van der Waals surface area contributed by atoms with Gasteiger partial charge in [0.2, 0.25) is 0 Å². The zero-order valence-corrected chi connectivity index (χ0v) is 12.6. The number of halogens is 1. The SMILES string of the molecule is CC(=O)OC1c2ccc(Br)cc2C(OC(C)=O)C1C. The Kier molecular flexibility index (Phi) is 3.94. The molecule has 1 aliphatic rings. The molecule has 0 spiro atoms. The summed E-state index contributed by atoms with van der Waals surface area (Å²) in [5, 5.41) is 0. The molecular formula is C14H15BrO4. The molecule has 4 nitrogen and oxygen atoms in total. The van der Waals surface area contributed by atoms with Crippen molar-refractivity contribution in [3.63, 3.8) is 0 Å². The summed E-state index contributed by atoms with van der Waals surface area (Å²) in [4.78, 5) is 22.4. The van der Waals surface area contributed by atoms with E-state index in [-0.39, 0.29) is 30.1 Å². The quantitative estimate of drug-likeness (QED) is 0.782. The van der Waals surface area contributed by atoms with Gasteiger partial charge in [-0.3, -0.25) is 9.59 Å². The molecule has 102 valence electrons. The van der Waals surface area contributed by atoms with Crippen LogP contribution in [0, 0.1) is 5.92 Å². The third-order valence-corrected chi connectivity index (χ3v) is 3.70. The van der Waals surface area contributed by atoms with E-state index < -0.39 is 0 Å². The van der Waals surface area contributed by atoms with Gasteiger partial charge in [0, 0.05) is 29.8 Å². The molecule has 0 aromatic heterocycles. The monoisotopic (exact) mass is 326 g/mol. The molecule has 3 atom stereocenters. The lowest BCUT2D eigenvalue weighted by Gasteiger charge is -2.20. The summed E-state index contributed by atoms with van der Waals surface area (Å²) in [5.74, 6) is -0.780. The molecule has 1 aliphatic carbocycles. The number of hydrogen-bond donors (Lipinski definition) is 0. The summed E-state index contributed by atoms with van der Waals surface area (Å²) in [7, 11) is 0. The Bertz CT molecular complexity index is 526. The highest BCUT2D eigenvalue weighted by Gasteiger charge is 2.42. The Labute approximate surface area is 120 Å². The zero-order valence-electron chi connectivity index (χ0n) is 11.0. The second kappa shape index (κ2) is 5.33. The maximum atomic E-state index is 11.2. The Hall–Kier alpha value is -1.36. The maximum Gasteiger partial charge on any atom is 0.303 e. The van der Waals surface area contributed by atoms with E-state index in [9.17, 15) is 9.59 Å². The van der Waals surface area contributed by atoms with Crippen LogP contribution in [-0.2, 0) is 19.1 Å². The largest absolute Gasteiger partial charge is 0.457 e. The van der Waals surface area contributed by atoms with Crippen molar-refractivity contribution in [2.75, 3.05) is 0 Å². The van der Waals surface area contributed by atoms with Crippen LogP contribution in [0.2, 0.25) is 0 Å². The van der Waals surface area contributed by atoms with Crippen molar-refractivity contribution in [3.05, 3.63) is 33.8 Å². The van der Waals surface area contributed by atoms with E-state index >= 15 is 0 Å². The molecule has 3 unspecified atom stereocenters. The van der Waals surface area contributed by atoms with Crippen molar-refractivity contribution >= 4 is 27.9 Å². The van der Waals surface area contributed by atoms with Crippen LogP contribution in [-0.4, -0.2) is 11.9 Å². The van der Waals surface area contributed by atoms with Crippen molar-refractivity contribution in [3.8, 4) is 0 Å². The van der Waals surface area contributed by atoms with Gasteiger partial charge in [0.05, 0.1) is 0 Å². The third-order valence-electron chi connectivity index (χ3n) is 3.20. The van der Waals surface area contributed by atoms with Crippen molar-refractivity contribution in [2.45, 2.75) is 33.0 Å². The second-order valence-electron chi connectivity index (χ2n) is 4.69. The zero-order chi connectivity index (χ0) is 14.2. The summed E-state index contributed by atoms with van der Waals surface area (Å²) in [6.45, 7) is 4.67. The first-order valence-electron chi connectivity index (χ1n) is 6.04. The van der Waals surface area contributed by atoms with E-state index in [0.29, 0.717) is 0 Å². The number of rotatable bonds is 2. The van der Waals surface area contributed by atoms with E-state index in [4.69, 9.17) is 9.47 Å². The van der Waals surface area contributed by atoms with Crippen LogP contribution >= 0.6 is 15.9 Å². The predicted octanol–water partition coefficient (Wildman–Crippen LogP) is 3.31. The Morgan fingerprint density at radius 1 is 1.05 bits per heavy atom. The van der Waals surface area contributed by atoms with E-state index in [1.807, 2.05) is 25.1 Å². The molecule has 0 amide bonds. The number of esters is 2. The summed E-state index contributed by atoms with van der Waals surface area (Å²) in [5.41, 5.74) is 1.79. The first-order valence-corrected chi connectivity index (χ1v) is 6.83. The maximum absolute atomic E-state index is 11.2. The predicted molar refractivity (Wildman–Crippen MR) is 72.3 cm³/mol. The average molecular weight is 327 g/mol. The molecular weight excluding hydrogens is 312 g/mol. The highest BCUT2D eigenvalue weighted by molar-refractivity contribution is 9.10. The van der Waals surface area contributed by atoms with Crippen molar-refractivity contribution in [1.82, 2.24) is 0 Å². The molecule has 0 heterocycles. The molecule has 0 saturated heterocycles. The Balaban J connectivity index is 2.42. The van der Waals surface area contributed by atoms with Gasteiger partial charge in [-0.1, -0.05) is 28.9 Å². The molecule has 0 bridgehead atoms. The van der Waals surface area contributed by atoms with E-state index in [1.165, 1.54) is 13.8 Å². The van der Waals surface area contributed by atoms with Crippen LogP contribution in [0.4, 0.5) is 0 Å². The summed E-state index contributed by atoms with van der Waals surface area (Å²) < 4.78 is 11.6. The fraction of sp³-hybridized carbons (Fsp3) is 0.429. The van der Waals surface area contributed by atoms with Crippen molar-refractivity contribution in [2.24, 2.45) is 5.92 Å². The smallest absolute Gasteiger partial charge is 0.303 e. The molecule has 0 fully saturated rings. The minimum Gasteiger partial charge on any atom is -0.457 e. The summed E-state index contributed by atoms with van der Waals surface area (Å²) in [6.07, 6.45) is -0.751. The van der Waals surface area contributed by atoms with Crippen LogP contribution in [0.15, 0.2) is 22.7 Å². The molecule has 1 aromatic rings. The first-order chi connectivity index (χ1) is 8.90. The second-order valence-corrected chi connectivity index (χ2v) is 5.61. The number of fused-ring (bicyclic) bond motifs is 1. The van der Waals surface area contributed by atoms with Crippen LogP contribution in [0.5, 0.6) is 0 Å². The van der Waals surface area contributed by atoms with Gasteiger partial charge in [-0.05, 0) is 17.7 Å². The standard InChI is InChI=1S/C14H15BrO4/c1-7-13(18-8(2)16)11-5-4-10(15)6-12(11)14(7)19-9(3)17/h4-7,13-14H,1-3H3. The van der Waals surface area contributed by atoms with Crippen molar-refractivity contribution in [1.29, 1.82) is 0 Å². The molecule has 2 rings (SSSR count). The van der Waals surface area contributed by atoms with Gasteiger partial charge in [0.25, 0.3) is 0 Å². The van der Waals surface area contributed by atoms with Gasteiger partial charge in [-0.15, -0.1) is 0 Å². The van der Waals surface area contributed by atoms with Gasteiger partial charge in [-0.2, -0.15) is 0 Å². The topological polar surface area (TPSA) is 52.6 Å². The van der Waals surface area contributed by atoms with Gasteiger partial charge >= 0.3 is 11.9 Å². The van der Waals surface area contributed by atoms with E-state index in [1.54, 1.807) is 0 Å². The molecule has 0 aliphatic heterocycles. The molecule has 0 N–H and O–H groups in total. The van der Waals surface area contributed by atoms with Crippen LogP contribution in [0.1, 0.15) is 44.1 Å². The minimum atomic E-state index is -0.380. The average Bonchev–Trinajstić information content (AvgIpc) is 2.53. The number of benzene rings is 1. The summed E-state index contributed by atoms with van der Waals surface area (Å²) >= 11 is 3.40. The van der Waals surface area contributed by atoms with Gasteiger partial charge in [0.15, 0.2) is 0 Å². The Morgan fingerprint density at radius 2 is 1.58 bits per heavy atom. The lowest BCUT2D eigenvalue weighted by atomic mass is 10.0. The number of ether oxygens (including phenoxy) is 2. The minimum absolute atomic E-state index is 0.0999. The van der Waals surface area contributed by atoms with E-state index in [2.05, 4.69) is 15.9 Å². The van der Waals surface area contributed by atoms with Gasteiger partial charge < -0.3 is 9.47 Å². The molecule has 0 saturated carbocycles. The fourth-order valence-corrected chi connectivity index (χ4v) is 2.85. The van der Waals surface area contributed by atoms with E-state index in [0.717, 1.165) is 15.6 Å². The lowest BCUT2D eigenvalue weighted by molar-refractivity contribution is -0.156. The third kappa shape index (κ3) is 2.81. The van der Waals surface area contributed by atoms with Crippen LogP contribution in [0.3, 0.4) is 0 Å². The number of carbonyl (C=O) groups excluding carboxylic acids is 2. The van der Waals surface area contributed by atoms with Crippen LogP contribution < -0.4 is 0 Å². The molecule has 19 heavy (non-hydrogen) atoms. The first kappa shape index (κ1) is 14.1. The molecule has 0 radical (unpaired) electrons. The molecule has 1 aromatic carbocycles. The highest BCUT2D eigenvalue weighted by atomic mass is 79.9. The fourth-order valence-electron chi connectivity index (χ4n) is 2.48. The molecule has 5 heteroatoms. The Morgan fingerprint density at radius 3 is 2.11 bits per heavy atom. The van der Waals surface area contributed by atoms with Crippen LogP contribution in [0.25, 0.3) is 0 Å². The lowest BCUT2D eigenvalue weighted by Crippen LogP contribution is -2.17. The number of hydrogen-bond acceptors (Lipinski definition) is 4.